The van der Waals surface area contributed by atoms with E-state index in [9.17, 15) is 4.79 Å². The molecular formula is C10H21NO5. The number of methoxy groups -OCH3 is 2. The number of alkyl carbamates (subject to hydrolysis) is 1. The Morgan fingerprint density at radius 2 is 1.81 bits per heavy atom. The van der Waals surface area contributed by atoms with Crippen LogP contribution in [0.5, 0.6) is 0 Å². The third-order valence-electron chi connectivity index (χ3n) is 1.69. The molecule has 1 atom stereocenters. The van der Waals surface area contributed by atoms with Crippen molar-refractivity contribution in [3.05, 3.63) is 0 Å². The van der Waals surface area contributed by atoms with E-state index >= 15 is 0 Å². The largest absolute Gasteiger partial charge is 0.444 e. The Kier molecular flexibility index (Phi) is 6.32. The zero-order chi connectivity index (χ0) is 12.8. The standard InChI is InChI=1S/C10H21NO5/c1-10(2,3)16-9(13)11-7(6-12)8(14-4)15-5/h7-8,12H,6H2,1-5H3,(H,11,13). The zero-order valence-electron chi connectivity index (χ0n) is 10.4. The topological polar surface area (TPSA) is 77.0 Å². The molecule has 1 unspecified atom stereocenters. The fourth-order valence-electron chi connectivity index (χ4n) is 1.08. The number of nitrogens with one attached hydrogen (secondary N) is 1. The Morgan fingerprint density at radius 3 is 2.12 bits per heavy atom. The number of aliphatic hydroxyl groups is 1. The lowest BCUT2D eigenvalue weighted by Crippen LogP contribution is -2.48. The van der Waals surface area contributed by atoms with E-state index in [1.54, 1.807) is 20.8 Å². The van der Waals surface area contributed by atoms with Crippen molar-refractivity contribution in [2.45, 2.75) is 38.7 Å². The number of carbonyl (C=O) groups excluding carboxylic acids is 1. The molecule has 0 spiro atoms. The highest BCUT2D eigenvalue weighted by molar-refractivity contribution is 5.68. The fourth-order valence-corrected chi connectivity index (χ4v) is 1.08. The van der Waals surface area contributed by atoms with E-state index in [4.69, 9.17) is 19.3 Å². The van der Waals surface area contributed by atoms with Crippen LogP contribution in [0.4, 0.5) is 4.79 Å². The van der Waals surface area contributed by atoms with Gasteiger partial charge in [0.05, 0.1) is 6.61 Å². The summed E-state index contributed by atoms with van der Waals surface area (Å²) in [6.45, 7) is 4.96. The van der Waals surface area contributed by atoms with Crippen LogP contribution in [0.15, 0.2) is 0 Å². The van der Waals surface area contributed by atoms with E-state index in [0.29, 0.717) is 0 Å². The van der Waals surface area contributed by atoms with E-state index in [0.717, 1.165) is 0 Å². The summed E-state index contributed by atoms with van der Waals surface area (Å²) in [6.07, 6.45) is -1.33. The minimum absolute atomic E-state index is 0.300. The van der Waals surface area contributed by atoms with Gasteiger partial charge in [0.1, 0.15) is 11.6 Å². The summed E-state index contributed by atoms with van der Waals surface area (Å²) < 4.78 is 14.9. The van der Waals surface area contributed by atoms with Gasteiger partial charge in [-0.05, 0) is 20.8 Å². The molecule has 0 fully saturated rings. The highest BCUT2D eigenvalue weighted by atomic mass is 16.7. The van der Waals surface area contributed by atoms with Crippen LogP contribution in [0.3, 0.4) is 0 Å². The molecule has 0 saturated carbocycles. The predicted molar refractivity (Wildman–Crippen MR) is 58.0 cm³/mol. The molecule has 0 aliphatic rings. The second kappa shape index (κ2) is 6.67. The first-order valence-corrected chi connectivity index (χ1v) is 5.00. The Balaban J connectivity index is 4.26. The van der Waals surface area contributed by atoms with Crippen molar-refractivity contribution in [1.29, 1.82) is 0 Å². The molecule has 0 saturated heterocycles. The van der Waals surface area contributed by atoms with Gasteiger partial charge in [0.2, 0.25) is 0 Å². The first kappa shape index (κ1) is 15.2. The van der Waals surface area contributed by atoms with E-state index in [1.807, 2.05) is 0 Å². The molecule has 0 aromatic rings. The third-order valence-corrected chi connectivity index (χ3v) is 1.69. The molecular weight excluding hydrogens is 214 g/mol. The van der Waals surface area contributed by atoms with E-state index in [2.05, 4.69) is 5.32 Å². The predicted octanol–water partition coefficient (Wildman–Crippen LogP) is 0.491. The van der Waals surface area contributed by atoms with Crippen LogP contribution in [-0.4, -0.2) is 50.0 Å². The number of hydrogen-bond donors (Lipinski definition) is 2. The van der Waals surface area contributed by atoms with E-state index < -0.39 is 24.0 Å². The van der Waals surface area contributed by atoms with Gasteiger partial charge in [-0.15, -0.1) is 0 Å². The van der Waals surface area contributed by atoms with Crippen molar-refractivity contribution in [3.63, 3.8) is 0 Å². The van der Waals surface area contributed by atoms with Gasteiger partial charge in [-0.2, -0.15) is 0 Å². The van der Waals surface area contributed by atoms with Gasteiger partial charge in [-0.3, -0.25) is 0 Å². The second-order valence-corrected chi connectivity index (χ2v) is 4.28. The quantitative estimate of drug-likeness (QED) is 0.678. The molecule has 0 aliphatic heterocycles. The normalized spacial score (nSPS) is 13.7. The maximum Gasteiger partial charge on any atom is 0.408 e. The van der Waals surface area contributed by atoms with Crippen LogP contribution in [0.1, 0.15) is 20.8 Å². The van der Waals surface area contributed by atoms with Crippen molar-refractivity contribution in [2.24, 2.45) is 0 Å². The van der Waals surface area contributed by atoms with Crippen molar-refractivity contribution in [2.75, 3.05) is 20.8 Å². The first-order chi connectivity index (χ1) is 7.34. The number of amides is 1. The van der Waals surface area contributed by atoms with Gasteiger partial charge < -0.3 is 24.6 Å². The van der Waals surface area contributed by atoms with Gasteiger partial charge >= 0.3 is 6.09 Å². The van der Waals surface area contributed by atoms with Crippen molar-refractivity contribution in [3.8, 4) is 0 Å². The molecule has 0 aliphatic carbocycles. The van der Waals surface area contributed by atoms with Crippen molar-refractivity contribution >= 4 is 6.09 Å². The van der Waals surface area contributed by atoms with Crippen LogP contribution < -0.4 is 5.32 Å². The summed E-state index contributed by atoms with van der Waals surface area (Å²) in [7, 11) is 2.85. The molecule has 16 heavy (non-hydrogen) atoms. The monoisotopic (exact) mass is 235 g/mol. The molecule has 0 heterocycles. The van der Waals surface area contributed by atoms with Gasteiger partial charge in [-0.25, -0.2) is 4.79 Å². The SMILES string of the molecule is COC(OC)C(CO)NC(=O)OC(C)(C)C. The maximum absolute atomic E-state index is 11.4. The lowest BCUT2D eigenvalue weighted by atomic mass is 10.2. The average Bonchev–Trinajstić information content (AvgIpc) is 2.15. The van der Waals surface area contributed by atoms with E-state index in [1.165, 1.54) is 14.2 Å². The number of ether oxygens (including phenoxy) is 3. The smallest absolute Gasteiger partial charge is 0.408 e. The van der Waals surface area contributed by atoms with E-state index in [-0.39, 0.29) is 6.61 Å². The van der Waals surface area contributed by atoms with Gasteiger partial charge in [0, 0.05) is 14.2 Å². The molecule has 0 aromatic carbocycles. The summed E-state index contributed by atoms with van der Waals surface area (Å²) in [5.41, 5.74) is -0.584. The molecule has 96 valence electrons. The number of carbonyl (C=O) groups is 1. The maximum atomic E-state index is 11.4. The minimum Gasteiger partial charge on any atom is -0.444 e. The lowest BCUT2D eigenvalue weighted by Gasteiger charge is -2.26. The van der Waals surface area contributed by atoms with Crippen LogP contribution in [0.2, 0.25) is 0 Å². The van der Waals surface area contributed by atoms with Crippen LogP contribution in [-0.2, 0) is 14.2 Å². The third kappa shape index (κ3) is 5.89. The Hall–Kier alpha value is -0.850. The summed E-state index contributed by atoms with van der Waals surface area (Å²) in [5.74, 6) is 0. The van der Waals surface area contributed by atoms with Crippen molar-refractivity contribution in [1.82, 2.24) is 5.32 Å². The lowest BCUT2D eigenvalue weighted by molar-refractivity contribution is -0.129. The Labute approximate surface area is 95.9 Å². The molecule has 0 rings (SSSR count). The summed E-state index contributed by atoms with van der Waals surface area (Å²) >= 11 is 0. The molecule has 0 aromatic heterocycles. The minimum atomic E-state index is -0.711. The second-order valence-electron chi connectivity index (χ2n) is 4.28. The molecule has 6 heteroatoms. The fraction of sp³-hybridized carbons (Fsp3) is 0.900. The molecule has 1 amide bonds. The first-order valence-electron chi connectivity index (χ1n) is 5.00. The van der Waals surface area contributed by atoms with Crippen LogP contribution >= 0.6 is 0 Å². The Bertz CT molecular complexity index is 210. The number of rotatable bonds is 5. The van der Waals surface area contributed by atoms with Crippen LogP contribution in [0, 0.1) is 0 Å². The van der Waals surface area contributed by atoms with Gasteiger partial charge in [0.15, 0.2) is 6.29 Å². The highest BCUT2D eigenvalue weighted by Gasteiger charge is 2.25. The van der Waals surface area contributed by atoms with Crippen molar-refractivity contribution < 1.29 is 24.1 Å². The molecule has 0 bridgehead atoms. The number of hydrogen-bond acceptors (Lipinski definition) is 5. The summed E-state index contributed by atoms with van der Waals surface area (Å²) in [6, 6.07) is -0.662. The zero-order valence-corrected chi connectivity index (χ0v) is 10.4. The van der Waals surface area contributed by atoms with Gasteiger partial charge in [-0.1, -0.05) is 0 Å². The molecule has 2 N–H and O–H groups in total. The highest BCUT2D eigenvalue weighted by Crippen LogP contribution is 2.07. The van der Waals surface area contributed by atoms with Gasteiger partial charge in [0.25, 0.3) is 0 Å². The average molecular weight is 235 g/mol. The summed E-state index contributed by atoms with van der Waals surface area (Å²) in [4.78, 5) is 11.4. The molecule has 6 nitrogen and oxygen atoms in total. The Morgan fingerprint density at radius 1 is 1.31 bits per heavy atom. The summed E-state index contributed by atoms with van der Waals surface area (Å²) in [5, 5.41) is 11.5. The molecule has 0 radical (unpaired) electrons. The number of aliphatic hydroxyl groups excluding tert-OH is 1. The van der Waals surface area contributed by atoms with Crippen LogP contribution in [0.25, 0.3) is 0 Å².